The van der Waals surface area contributed by atoms with Crippen molar-refractivity contribution in [2.45, 2.75) is 58.3 Å². The summed E-state index contributed by atoms with van der Waals surface area (Å²) >= 11 is 0. The van der Waals surface area contributed by atoms with Gasteiger partial charge in [-0.1, -0.05) is 39.7 Å². The molecule has 43 heavy (non-hydrogen) atoms. The van der Waals surface area contributed by atoms with Crippen molar-refractivity contribution >= 4 is 209 Å². The zero-order valence-electron chi connectivity index (χ0n) is 24.0. The van der Waals surface area contributed by atoms with Gasteiger partial charge < -0.3 is 13.6 Å². The van der Waals surface area contributed by atoms with Crippen molar-refractivity contribution in [2.24, 2.45) is 11.3 Å². The van der Waals surface area contributed by atoms with Crippen LogP contribution in [0.4, 0.5) is 0 Å². The zero-order chi connectivity index (χ0) is 33.0. The minimum Gasteiger partial charge on any atom is -0.347 e. The lowest BCUT2D eigenvalue weighted by molar-refractivity contribution is -0.132. The molecule has 23 atom stereocenters. The average Bonchev–Trinajstić information content (AvgIpc) is 2.89. The van der Waals surface area contributed by atoms with E-state index < -0.39 is 28.1 Å². The van der Waals surface area contributed by atoms with Crippen LogP contribution in [0.2, 0.25) is 0 Å². The van der Waals surface area contributed by atoms with E-state index >= 15 is 0 Å². The predicted molar refractivity (Wildman–Crippen MR) is 276 cm³/mol. The van der Waals surface area contributed by atoms with Gasteiger partial charge in [0.2, 0.25) is 0 Å². The molecule has 0 aromatic carbocycles. The number of carbonyl (C=O) groups excluding carboxylic acids is 1. The highest BCUT2D eigenvalue weighted by Crippen LogP contribution is 3.18. The van der Waals surface area contributed by atoms with E-state index in [-0.39, 0.29) is 86.7 Å². The highest BCUT2D eigenvalue weighted by molar-refractivity contribution is 9.19. The largest absolute Gasteiger partial charge is 0.347 e. The molecule has 2 aliphatic rings. The molecule has 1 saturated carbocycles. The number of ketones is 1. The second-order valence-electron chi connectivity index (χ2n) is 9.92. The molecule has 0 radical (unpaired) electrons. The maximum atomic E-state index is 13.9. The van der Waals surface area contributed by atoms with Crippen LogP contribution in [0.15, 0.2) is 11.1 Å². The first-order chi connectivity index (χ1) is 19.9. The lowest BCUT2D eigenvalue weighted by Crippen LogP contribution is -2.50. The summed E-state index contributed by atoms with van der Waals surface area (Å²) in [6.07, 6.45) is 1.51. The number of carbonyl (C=O) groups is 1. The molecule has 20 unspecified atom stereocenters. The SMILES string of the molecule is CC1=C2[C@H](OP(P(P)P)P(PP)P(P)P)CCC(=O)[C@@H](OPP)C(C[C@@H]1OP(P(P)P(P)P)P(P(P)P)P(P)P)C2(C)C. The van der Waals surface area contributed by atoms with Crippen LogP contribution < -0.4 is 0 Å². The molecule has 2 aliphatic carbocycles. The third-order valence-corrected chi connectivity index (χ3v) is 126. The van der Waals surface area contributed by atoms with Gasteiger partial charge in [-0.25, -0.2) is 0 Å². The second-order valence-corrected chi connectivity index (χ2v) is 94.4. The smallest absolute Gasteiger partial charge is 0.162 e. The third kappa shape index (κ3) is 14.1. The first kappa shape index (κ1) is 49.2. The maximum Gasteiger partial charge on any atom is 0.162 e. The van der Waals surface area contributed by atoms with Crippen LogP contribution in [0, 0.1) is 11.3 Å². The molecule has 0 saturated heterocycles. The summed E-state index contributed by atoms with van der Waals surface area (Å²) in [5.41, 5.74) is 2.49. The van der Waals surface area contributed by atoms with Gasteiger partial charge in [-0.05, 0) is 71.3 Å². The fourth-order valence-corrected chi connectivity index (χ4v) is 168. The predicted octanol–water partition coefficient (Wildman–Crippen LogP) is 16.3. The number of fused-ring (bicyclic) bond motifs is 2. The Morgan fingerprint density at radius 1 is 0.791 bits per heavy atom. The molecule has 0 aromatic rings. The zero-order valence-corrected chi connectivity index (χ0v) is 50.0. The van der Waals surface area contributed by atoms with Gasteiger partial charge in [0.1, 0.15) is 6.10 Å². The van der Waals surface area contributed by atoms with Crippen LogP contribution in [0.1, 0.15) is 40.0 Å². The minimum atomic E-state index is -0.664. The normalized spacial score (nSPS) is 28.4. The Bertz CT molecular complexity index is 926. The van der Waals surface area contributed by atoms with E-state index in [4.69, 9.17) is 13.6 Å². The molecule has 0 N–H and O–H groups in total. The second kappa shape index (κ2) is 24.1. The van der Waals surface area contributed by atoms with E-state index in [0.717, 1.165) is 14.4 Å². The molecule has 2 rings (SSSR count). The van der Waals surface area contributed by atoms with Crippen LogP contribution in [0.25, 0.3) is 0 Å². The van der Waals surface area contributed by atoms with E-state index in [0.29, 0.717) is 12.8 Å². The number of Topliss-reactive ketones (excluding diaryl/α,β-unsaturated/α-hetero) is 1. The summed E-state index contributed by atoms with van der Waals surface area (Å²) in [4.78, 5) is 13.9. The first-order valence-corrected chi connectivity index (χ1v) is 55.4. The Hall–Kier alpha value is 10.0. The Morgan fingerprint density at radius 3 is 1.79 bits per heavy atom. The van der Waals surface area contributed by atoms with E-state index in [1.807, 2.05) is 0 Å². The van der Waals surface area contributed by atoms with Crippen molar-refractivity contribution in [3.63, 3.8) is 0 Å². The number of hydrogen-bond donors (Lipinski definition) is 0. The molecule has 0 aliphatic heterocycles. The van der Waals surface area contributed by atoms with Crippen molar-refractivity contribution in [3.8, 4) is 0 Å². The van der Waals surface area contributed by atoms with E-state index in [1.165, 1.54) is 11.1 Å². The molecule has 2 bridgehead atoms. The Balaban J connectivity index is 2.75. The van der Waals surface area contributed by atoms with Gasteiger partial charge >= 0.3 is 0 Å². The van der Waals surface area contributed by atoms with Crippen LogP contribution in [0.3, 0.4) is 0 Å². The third-order valence-electron chi connectivity index (χ3n) is 6.96. The average molecular weight is 1050 g/mol. The fourth-order valence-electron chi connectivity index (χ4n) is 5.17. The maximum absolute atomic E-state index is 13.9. The van der Waals surface area contributed by atoms with E-state index in [2.05, 4.69) is 137 Å². The van der Waals surface area contributed by atoms with Crippen molar-refractivity contribution in [3.05, 3.63) is 11.1 Å². The molecule has 0 aromatic heterocycles. The lowest BCUT2D eigenvalue weighted by atomic mass is 9.59. The molecule has 4 nitrogen and oxygen atoms in total. The molecule has 29 heteroatoms. The number of hydrogen-bond acceptors (Lipinski definition) is 4. The Labute approximate surface area is 305 Å². The summed E-state index contributed by atoms with van der Waals surface area (Å²) in [5, 5.41) is 0. The van der Waals surface area contributed by atoms with Gasteiger partial charge in [-0.3, -0.25) is 4.79 Å². The topological polar surface area (TPSA) is 44.8 Å². The van der Waals surface area contributed by atoms with E-state index in [9.17, 15) is 4.79 Å². The lowest BCUT2D eigenvalue weighted by Gasteiger charge is -2.52. The summed E-state index contributed by atoms with van der Waals surface area (Å²) in [6, 6.07) is 0. The molecular formula is C14H47O4P25. The van der Waals surface area contributed by atoms with Crippen molar-refractivity contribution in [1.29, 1.82) is 0 Å². The van der Waals surface area contributed by atoms with Gasteiger partial charge in [-0.15, -0.1) is 98.2 Å². The number of rotatable bonds is 15. The molecular weight excluding hydrogens is 1010 g/mol. The van der Waals surface area contributed by atoms with E-state index in [1.54, 1.807) is 0 Å². The fraction of sp³-hybridized carbons (Fsp3) is 0.786. The van der Waals surface area contributed by atoms with Crippen molar-refractivity contribution in [1.82, 2.24) is 0 Å². The van der Waals surface area contributed by atoms with Crippen LogP contribution in [0.5, 0.6) is 0 Å². The summed E-state index contributed by atoms with van der Waals surface area (Å²) in [7, 11) is 39.6. The van der Waals surface area contributed by atoms with Crippen LogP contribution in [-0.4, -0.2) is 24.1 Å². The summed E-state index contributed by atoms with van der Waals surface area (Å²) < 4.78 is 21.2. The molecule has 0 heterocycles. The van der Waals surface area contributed by atoms with Gasteiger partial charge in [0, 0.05) is 41.8 Å². The highest BCUT2D eigenvalue weighted by Gasteiger charge is 2.53. The standard InChI is InChI=1S/C14H47O4P25/c1-7-11(18-35(41(31)37(23)24)43(39(27)28)40(29)30)6-8-13(16-32-19)9(15)4-5-10(12(7)14(8,2)3)17-34(36(21)22)42(33-20)38(25)26/h8,10-11,13,32-33H,4-6,19-31H2,1-3H3/t8?,10-,11+,13+,34?,35?,41?,42?/m1/s1. The first-order valence-electron chi connectivity index (χ1n) is 12.3. The van der Waals surface area contributed by atoms with Gasteiger partial charge in [-0.2, -0.15) is 0 Å². The summed E-state index contributed by atoms with van der Waals surface area (Å²) in [6.45, 7) is 4.51. The van der Waals surface area contributed by atoms with Crippen molar-refractivity contribution in [2.75, 3.05) is 0 Å². The summed E-state index contributed by atoms with van der Waals surface area (Å²) in [5.74, 6) is 0.271. The minimum absolute atomic E-state index is 0.0316. The Morgan fingerprint density at radius 2 is 1.35 bits per heavy atom. The molecule has 1 fully saturated rings. The van der Waals surface area contributed by atoms with Crippen LogP contribution >= 0.6 is 203 Å². The van der Waals surface area contributed by atoms with Crippen LogP contribution in [-0.2, 0) is 18.4 Å². The Kier molecular flexibility index (Phi) is 27.5. The molecule has 0 spiro atoms. The van der Waals surface area contributed by atoms with Gasteiger partial charge in [0.05, 0.1) is 27.3 Å². The van der Waals surface area contributed by atoms with Crippen molar-refractivity contribution < 1.29 is 18.4 Å². The monoisotopic (exact) mass is 1050 g/mol. The van der Waals surface area contributed by atoms with Gasteiger partial charge in [0.15, 0.2) is 5.78 Å². The molecule has 252 valence electrons. The van der Waals surface area contributed by atoms with Gasteiger partial charge in [0.25, 0.3) is 0 Å². The highest BCUT2D eigenvalue weighted by atomic mass is 33.2. The molecule has 0 amide bonds. The quantitative estimate of drug-likeness (QED) is 0.121.